The minimum atomic E-state index is -2.94. The van der Waals surface area contributed by atoms with Gasteiger partial charge in [-0.15, -0.1) is 0 Å². The zero-order valence-corrected chi connectivity index (χ0v) is 10.9. The van der Waals surface area contributed by atoms with Crippen LogP contribution in [0.15, 0.2) is 0 Å². The van der Waals surface area contributed by atoms with Crippen LogP contribution in [0.3, 0.4) is 0 Å². The Morgan fingerprint density at radius 3 is 2.20 bits per heavy atom. The van der Waals surface area contributed by atoms with Crippen LogP contribution >= 0.6 is 0 Å². The molecule has 0 saturated heterocycles. The average molecular weight is 236 g/mol. The summed E-state index contributed by atoms with van der Waals surface area (Å²) in [6.45, 7) is 4.17. The van der Waals surface area contributed by atoms with Crippen LogP contribution in [0.4, 0.5) is 0 Å². The highest BCUT2D eigenvalue weighted by Gasteiger charge is 2.18. The molecule has 0 bridgehead atoms. The second kappa shape index (κ2) is 7.23. The molecule has 0 heterocycles. The monoisotopic (exact) mass is 236 g/mol. The van der Waals surface area contributed by atoms with E-state index >= 15 is 0 Å². The maximum atomic E-state index is 10.9. The van der Waals surface area contributed by atoms with E-state index in [1.807, 2.05) is 6.92 Å². The second-order valence-electron chi connectivity index (χ2n) is 4.30. The van der Waals surface area contributed by atoms with Crippen LogP contribution in [0, 0.1) is 5.92 Å². The van der Waals surface area contributed by atoms with Crippen molar-refractivity contribution in [2.75, 3.05) is 12.0 Å². The average Bonchev–Trinajstić information content (AvgIpc) is 2.15. The minimum Gasteiger partial charge on any atom is -0.393 e. The zero-order chi connectivity index (χ0) is 11.9. The lowest BCUT2D eigenvalue weighted by atomic mass is 9.92. The number of hydrogen-bond acceptors (Lipinski definition) is 3. The Labute approximate surface area is 93.8 Å². The summed E-state index contributed by atoms with van der Waals surface area (Å²) in [6.07, 6.45) is 5.27. The summed E-state index contributed by atoms with van der Waals surface area (Å²) in [4.78, 5) is 0. The van der Waals surface area contributed by atoms with E-state index in [4.69, 9.17) is 0 Å². The number of aliphatic hydroxyl groups excluding tert-OH is 1. The van der Waals surface area contributed by atoms with Crippen LogP contribution < -0.4 is 0 Å². The summed E-state index contributed by atoms with van der Waals surface area (Å²) in [5.74, 6) is 0.350. The minimum absolute atomic E-state index is 0.0940. The first-order chi connectivity index (χ1) is 6.90. The van der Waals surface area contributed by atoms with Crippen molar-refractivity contribution >= 4 is 9.84 Å². The molecule has 3 nitrogen and oxygen atoms in total. The van der Waals surface area contributed by atoms with Gasteiger partial charge in [0.1, 0.15) is 9.84 Å². The van der Waals surface area contributed by atoms with Gasteiger partial charge in [0.15, 0.2) is 0 Å². The van der Waals surface area contributed by atoms with Gasteiger partial charge in [0.05, 0.1) is 11.9 Å². The molecule has 0 aromatic carbocycles. The van der Waals surface area contributed by atoms with E-state index in [-0.39, 0.29) is 11.7 Å². The van der Waals surface area contributed by atoms with E-state index in [1.165, 1.54) is 6.26 Å². The lowest BCUT2D eigenvalue weighted by Gasteiger charge is -2.20. The molecule has 0 aromatic heterocycles. The van der Waals surface area contributed by atoms with Gasteiger partial charge in [0.2, 0.25) is 0 Å². The van der Waals surface area contributed by atoms with Crippen molar-refractivity contribution in [1.29, 1.82) is 0 Å². The summed E-state index contributed by atoms with van der Waals surface area (Å²) in [5, 5.41) is 9.83. The van der Waals surface area contributed by atoms with Crippen molar-refractivity contribution in [1.82, 2.24) is 0 Å². The summed E-state index contributed by atoms with van der Waals surface area (Å²) in [7, 11) is -2.94. The first-order valence-corrected chi connectivity index (χ1v) is 7.82. The molecule has 0 spiro atoms. The fourth-order valence-electron chi connectivity index (χ4n) is 1.71. The van der Waals surface area contributed by atoms with Crippen molar-refractivity contribution in [3.63, 3.8) is 0 Å². The number of unbranched alkanes of at least 4 members (excludes halogenated alkanes) is 1. The first-order valence-electron chi connectivity index (χ1n) is 5.76. The Morgan fingerprint density at radius 2 is 1.80 bits per heavy atom. The van der Waals surface area contributed by atoms with Crippen molar-refractivity contribution < 1.29 is 13.5 Å². The van der Waals surface area contributed by atoms with Crippen LogP contribution in [0.2, 0.25) is 0 Å². The number of sulfone groups is 1. The van der Waals surface area contributed by atoms with Crippen molar-refractivity contribution in [2.24, 2.45) is 5.92 Å². The highest BCUT2D eigenvalue weighted by Crippen LogP contribution is 2.19. The SMILES string of the molecule is CCCCC(CC)C(O)CCS(C)(=O)=O. The molecule has 15 heavy (non-hydrogen) atoms. The van der Waals surface area contributed by atoms with Crippen molar-refractivity contribution in [2.45, 2.75) is 52.1 Å². The maximum Gasteiger partial charge on any atom is 0.147 e. The molecule has 2 atom stereocenters. The molecular formula is C11H24O3S. The Morgan fingerprint density at radius 1 is 1.20 bits per heavy atom. The Balaban J connectivity index is 3.98. The van der Waals surface area contributed by atoms with Gasteiger partial charge in [-0.3, -0.25) is 0 Å². The molecule has 92 valence electrons. The lowest BCUT2D eigenvalue weighted by Crippen LogP contribution is -2.23. The van der Waals surface area contributed by atoms with E-state index in [2.05, 4.69) is 6.92 Å². The van der Waals surface area contributed by atoms with Crippen molar-refractivity contribution in [3.8, 4) is 0 Å². The van der Waals surface area contributed by atoms with Gasteiger partial charge < -0.3 is 5.11 Å². The predicted molar refractivity (Wildman–Crippen MR) is 63.6 cm³/mol. The van der Waals surface area contributed by atoms with Crippen LogP contribution in [0.5, 0.6) is 0 Å². The summed E-state index contributed by atoms with van der Waals surface area (Å²) in [5.41, 5.74) is 0. The summed E-state index contributed by atoms with van der Waals surface area (Å²) in [6, 6.07) is 0. The zero-order valence-electron chi connectivity index (χ0n) is 10.1. The van der Waals surface area contributed by atoms with Crippen molar-refractivity contribution in [3.05, 3.63) is 0 Å². The molecule has 4 heteroatoms. The molecule has 0 radical (unpaired) electrons. The fourth-order valence-corrected chi connectivity index (χ4v) is 2.38. The Bertz CT molecular complexity index is 247. The Hall–Kier alpha value is -0.0900. The van der Waals surface area contributed by atoms with Gasteiger partial charge in [-0.1, -0.05) is 33.1 Å². The van der Waals surface area contributed by atoms with E-state index in [9.17, 15) is 13.5 Å². The largest absolute Gasteiger partial charge is 0.393 e. The number of rotatable bonds is 8. The highest BCUT2D eigenvalue weighted by molar-refractivity contribution is 7.90. The first kappa shape index (κ1) is 14.9. The maximum absolute atomic E-state index is 10.9. The third kappa shape index (κ3) is 7.79. The summed E-state index contributed by atoms with van der Waals surface area (Å²) < 4.78 is 21.9. The molecule has 0 fully saturated rings. The van der Waals surface area contributed by atoms with Gasteiger partial charge >= 0.3 is 0 Å². The molecule has 0 amide bonds. The third-order valence-electron chi connectivity index (χ3n) is 2.78. The van der Waals surface area contributed by atoms with Crippen LogP contribution in [0.25, 0.3) is 0 Å². The third-order valence-corrected chi connectivity index (χ3v) is 3.76. The molecule has 0 aliphatic carbocycles. The predicted octanol–water partition coefficient (Wildman–Crippen LogP) is 2.00. The van der Waals surface area contributed by atoms with E-state index in [0.29, 0.717) is 6.42 Å². The van der Waals surface area contributed by atoms with E-state index in [0.717, 1.165) is 25.7 Å². The van der Waals surface area contributed by atoms with Gasteiger partial charge in [-0.25, -0.2) is 8.42 Å². The molecule has 0 rings (SSSR count). The Kier molecular flexibility index (Phi) is 7.18. The number of hydrogen-bond donors (Lipinski definition) is 1. The highest BCUT2D eigenvalue weighted by atomic mass is 32.2. The molecule has 0 saturated carbocycles. The second-order valence-corrected chi connectivity index (χ2v) is 6.56. The van der Waals surface area contributed by atoms with Crippen LogP contribution in [-0.2, 0) is 9.84 Å². The smallest absolute Gasteiger partial charge is 0.147 e. The van der Waals surface area contributed by atoms with E-state index < -0.39 is 15.9 Å². The summed E-state index contributed by atoms with van der Waals surface area (Å²) >= 11 is 0. The topological polar surface area (TPSA) is 54.4 Å². The van der Waals surface area contributed by atoms with Gasteiger partial charge in [-0.2, -0.15) is 0 Å². The standard InChI is InChI=1S/C11H24O3S/c1-4-6-7-10(5-2)11(12)8-9-15(3,13)14/h10-12H,4-9H2,1-3H3. The van der Waals surface area contributed by atoms with Crippen LogP contribution in [0.1, 0.15) is 46.0 Å². The molecule has 1 N–H and O–H groups in total. The lowest BCUT2D eigenvalue weighted by molar-refractivity contribution is 0.0956. The van der Waals surface area contributed by atoms with Gasteiger partial charge in [0.25, 0.3) is 0 Å². The molecule has 2 unspecified atom stereocenters. The van der Waals surface area contributed by atoms with E-state index in [1.54, 1.807) is 0 Å². The van der Waals surface area contributed by atoms with Gasteiger partial charge in [0, 0.05) is 6.26 Å². The quantitative estimate of drug-likeness (QED) is 0.701. The molecule has 0 aromatic rings. The molecule has 0 aliphatic rings. The fraction of sp³-hybridized carbons (Fsp3) is 1.00. The van der Waals surface area contributed by atoms with Gasteiger partial charge in [-0.05, 0) is 18.8 Å². The molecular weight excluding hydrogens is 212 g/mol. The number of aliphatic hydroxyl groups is 1. The normalized spacial score (nSPS) is 16.3. The molecule has 0 aliphatic heterocycles. The van der Waals surface area contributed by atoms with Crippen LogP contribution in [-0.4, -0.2) is 31.6 Å².